The summed E-state index contributed by atoms with van der Waals surface area (Å²) in [5.41, 5.74) is 2.36. The Morgan fingerprint density at radius 3 is 2.05 bits per heavy atom. The minimum absolute atomic E-state index is 0.0719. The molecule has 0 bridgehead atoms. The van der Waals surface area contributed by atoms with E-state index in [0.717, 1.165) is 18.5 Å². The molecule has 1 aliphatic rings. The van der Waals surface area contributed by atoms with Crippen molar-refractivity contribution in [1.82, 2.24) is 5.32 Å². The van der Waals surface area contributed by atoms with E-state index in [1.165, 1.54) is 5.56 Å². The molecule has 0 unspecified atom stereocenters. The van der Waals surface area contributed by atoms with Crippen molar-refractivity contribution in [2.75, 3.05) is 6.54 Å². The van der Waals surface area contributed by atoms with Crippen LogP contribution in [0.5, 0.6) is 0 Å². The minimum Gasteiger partial charge on any atom is -0.356 e. The van der Waals surface area contributed by atoms with Gasteiger partial charge in [-0.25, -0.2) is 0 Å². The molecule has 3 rings (SSSR count). The first-order valence-corrected chi connectivity index (χ1v) is 6.74. The molecule has 1 aliphatic heterocycles. The minimum atomic E-state index is -0.0719. The molecule has 0 aliphatic carbocycles. The Morgan fingerprint density at radius 2 is 1.42 bits per heavy atom. The van der Waals surface area contributed by atoms with Gasteiger partial charge in [-0.1, -0.05) is 60.7 Å². The van der Waals surface area contributed by atoms with Crippen molar-refractivity contribution in [2.45, 2.75) is 18.3 Å². The van der Waals surface area contributed by atoms with Crippen LogP contribution in [0.2, 0.25) is 0 Å². The number of hydrogen-bond acceptors (Lipinski definition) is 1. The second kappa shape index (κ2) is 5.27. The molecule has 2 heteroatoms. The van der Waals surface area contributed by atoms with Crippen LogP contribution in [0.15, 0.2) is 60.7 Å². The van der Waals surface area contributed by atoms with Crippen LogP contribution in [0.25, 0.3) is 0 Å². The summed E-state index contributed by atoms with van der Waals surface area (Å²) < 4.78 is 0. The summed E-state index contributed by atoms with van der Waals surface area (Å²) in [5.74, 6) is 0.348. The highest BCUT2D eigenvalue weighted by Gasteiger charge is 2.33. The molecule has 1 N–H and O–H groups in total. The van der Waals surface area contributed by atoms with Crippen LogP contribution >= 0.6 is 0 Å². The molecule has 1 amide bonds. The monoisotopic (exact) mass is 251 g/mol. The summed E-state index contributed by atoms with van der Waals surface area (Å²) in [7, 11) is 0. The Bertz CT molecular complexity index is 550. The van der Waals surface area contributed by atoms with Gasteiger partial charge in [0.2, 0.25) is 5.91 Å². The molecular formula is C17H17NO. The van der Waals surface area contributed by atoms with E-state index in [1.54, 1.807) is 0 Å². The summed E-state index contributed by atoms with van der Waals surface area (Å²) in [6, 6.07) is 20.4. The molecule has 1 heterocycles. The van der Waals surface area contributed by atoms with E-state index in [9.17, 15) is 4.79 Å². The van der Waals surface area contributed by atoms with Crippen molar-refractivity contribution in [1.29, 1.82) is 0 Å². The number of carbonyl (C=O) groups excluding carboxylic acids is 1. The fraction of sp³-hybridized carbons (Fsp3) is 0.235. The number of piperidine rings is 1. The van der Waals surface area contributed by atoms with Gasteiger partial charge in [-0.05, 0) is 17.5 Å². The van der Waals surface area contributed by atoms with Crippen LogP contribution in [-0.2, 0) is 4.79 Å². The number of hydrogen-bond donors (Lipinski definition) is 1. The highest BCUT2D eigenvalue weighted by Crippen LogP contribution is 2.37. The molecule has 2 aromatic carbocycles. The maximum Gasteiger partial charge on any atom is 0.228 e. The van der Waals surface area contributed by atoms with Crippen LogP contribution in [0.1, 0.15) is 29.4 Å². The molecule has 1 saturated heterocycles. The highest BCUT2D eigenvalue weighted by atomic mass is 16.1. The van der Waals surface area contributed by atoms with E-state index in [2.05, 4.69) is 17.4 Å². The van der Waals surface area contributed by atoms with Crippen LogP contribution in [0, 0.1) is 0 Å². The number of amides is 1. The zero-order valence-corrected chi connectivity index (χ0v) is 10.8. The molecule has 2 aromatic rings. The average Bonchev–Trinajstić information content (AvgIpc) is 2.49. The van der Waals surface area contributed by atoms with E-state index < -0.39 is 0 Å². The van der Waals surface area contributed by atoms with Gasteiger partial charge in [-0.3, -0.25) is 4.79 Å². The summed E-state index contributed by atoms with van der Waals surface area (Å²) in [6.07, 6.45) is 0.995. The van der Waals surface area contributed by atoms with Gasteiger partial charge in [0.05, 0.1) is 5.92 Å². The summed E-state index contributed by atoms with van der Waals surface area (Å²) in [5, 5.41) is 2.99. The van der Waals surface area contributed by atoms with E-state index in [4.69, 9.17) is 0 Å². The van der Waals surface area contributed by atoms with Gasteiger partial charge >= 0.3 is 0 Å². The average molecular weight is 251 g/mol. The third-order valence-corrected chi connectivity index (χ3v) is 3.83. The first-order chi connectivity index (χ1) is 9.36. The molecule has 0 saturated carbocycles. The fourth-order valence-corrected chi connectivity index (χ4v) is 2.91. The number of nitrogens with one attached hydrogen (secondary N) is 1. The van der Waals surface area contributed by atoms with Crippen LogP contribution in [0.4, 0.5) is 0 Å². The molecule has 96 valence electrons. The zero-order valence-electron chi connectivity index (χ0n) is 10.8. The van der Waals surface area contributed by atoms with Crippen molar-refractivity contribution >= 4 is 5.91 Å². The SMILES string of the molecule is O=C1NCC[C@@H](c2ccccc2)[C@@H]1c1ccccc1. The Morgan fingerprint density at radius 1 is 0.842 bits per heavy atom. The lowest BCUT2D eigenvalue weighted by molar-refractivity contribution is -0.124. The van der Waals surface area contributed by atoms with Gasteiger partial charge < -0.3 is 5.32 Å². The lowest BCUT2D eigenvalue weighted by atomic mass is 9.77. The van der Waals surface area contributed by atoms with Gasteiger partial charge in [0.15, 0.2) is 0 Å². The molecule has 0 spiro atoms. The van der Waals surface area contributed by atoms with Crippen LogP contribution < -0.4 is 5.32 Å². The van der Waals surface area contributed by atoms with Gasteiger partial charge in [0.1, 0.15) is 0 Å². The summed E-state index contributed by atoms with van der Waals surface area (Å²) in [6.45, 7) is 0.766. The largest absolute Gasteiger partial charge is 0.356 e. The van der Waals surface area contributed by atoms with Crippen molar-refractivity contribution in [3.63, 3.8) is 0 Å². The van der Waals surface area contributed by atoms with Crippen molar-refractivity contribution in [2.24, 2.45) is 0 Å². The topological polar surface area (TPSA) is 29.1 Å². The second-order valence-electron chi connectivity index (χ2n) is 4.99. The van der Waals surface area contributed by atoms with E-state index >= 15 is 0 Å². The van der Waals surface area contributed by atoms with E-state index in [-0.39, 0.29) is 17.7 Å². The molecule has 2 atom stereocenters. The Balaban J connectivity index is 1.99. The normalized spacial score (nSPS) is 22.8. The number of rotatable bonds is 2. The Labute approximate surface area is 113 Å². The third-order valence-electron chi connectivity index (χ3n) is 3.83. The maximum absolute atomic E-state index is 12.3. The smallest absolute Gasteiger partial charge is 0.228 e. The van der Waals surface area contributed by atoms with Gasteiger partial charge in [0.25, 0.3) is 0 Å². The molecule has 19 heavy (non-hydrogen) atoms. The van der Waals surface area contributed by atoms with E-state index in [1.807, 2.05) is 48.5 Å². The highest BCUT2D eigenvalue weighted by molar-refractivity contribution is 5.85. The number of benzene rings is 2. The molecule has 1 fully saturated rings. The summed E-state index contributed by atoms with van der Waals surface area (Å²) >= 11 is 0. The fourth-order valence-electron chi connectivity index (χ4n) is 2.91. The van der Waals surface area contributed by atoms with Crippen LogP contribution in [0.3, 0.4) is 0 Å². The molecular weight excluding hydrogens is 234 g/mol. The van der Waals surface area contributed by atoms with Crippen LogP contribution in [-0.4, -0.2) is 12.5 Å². The predicted octanol–water partition coefficient (Wildman–Crippen LogP) is 3.07. The summed E-state index contributed by atoms with van der Waals surface area (Å²) in [4.78, 5) is 12.3. The molecule has 2 nitrogen and oxygen atoms in total. The first kappa shape index (κ1) is 12.0. The van der Waals surface area contributed by atoms with Gasteiger partial charge in [0, 0.05) is 12.5 Å². The first-order valence-electron chi connectivity index (χ1n) is 6.74. The number of carbonyl (C=O) groups is 1. The van der Waals surface area contributed by atoms with Crippen molar-refractivity contribution in [3.8, 4) is 0 Å². The molecule has 0 radical (unpaired) electrons. The lowest BCUT2D eigenvalue weighted by Gasteiger charge is -2.31. The third kappa shape index (κ3) is 2.39. The maximum atomic E-state index is 12.3. The lowest BCUT2D eigenvalue weighted by Crippen LogP contribution is -2.39. The predicted molar refractivity (Wildman–Crippen MR) is 76.0 cm³/mol. The quantitative estimate of drug-likeness (QED) is 0.873. The van der Waals surface area contributed by atoms with Gasteiger partial charge in [-0.15, -0.1) is 0 Å². The standard InChI is InChI=1S/C17H17NO/c19-17-16(14-9-5-2-6-10-14)15(11-12-18-17)13-7-3-1-4-8-13/h1-10,15-16H,11-12H2,(H,18,19)/t15-,16-/m0/s1. The van der Waals surface area contributed by atoms with Gasteiger partial charge in [-0.2, -0.15) is 0 Å². The Hall–Kier alpha value is -2.09. The second-order valence-corrected chi connectivity index (χ2v) is 4.99. The van der Waals surface area contributed by atoms with Crippen molar-refractivity contribution < 1.29 is 4.79 Å². The zero-order chi connectivity index (χ0) is 13.1. The van der Waals surface area contributed by atoms with E-state index in [0.29, 0.717) is 0 Å². The Kier molecular flexibility index (Phi) is 3.32. The van der Waals surface area contributed by atoms with Crippen molar-refractivity contribution in [3.05, 3.63) is 71.8 Å². The molecule has 0 aromatic heterocycles.